The van der Waals surface area contributed by atoms with E-state index in [0.717, 1.165) is 5.52 Å². The molecule has 0 saturated heterocycles. The fraction of sp³-hybridized carbons (Fsp3) is 0.429. The lowest BCUT2D eigenvalue weighted by atomic mass is 10.2. The number of fused-ring (bicyclic) bond motifs is 1. The molecule has 0 aliphatic carbocycles. The molecule has 2 aromatic rings. The lowest BCUT2D eigenvalue weighted by Gasteiger charge is -2.17. The van der Waals surface area contributed by atoms with Crippen LogP contribution >= 0.6 is 12.2 Å². The van der Waals surface area contributed by atoms with Crippen molar-refractivity contribution in [2.75, 3.05) is 12.3 Å². The first-order chi connectivity index (χ1) is 9.77. The van der Waals surface area contributed by atoms with Crippen LogP contribution in [0, 0.1) is 4.84 Å². The second-order valence-electron chi connectivity index (χ2n) is 5.64. The molecular weight excluding hydrogens is 308 g/mol. The second kappa shape index (κ2) is 6.11. The molecule has 0 bridgehead atoms. The van der Waals surface area contributed by atoms with E-state index in [1.807, 2.05) is 20.8 Å². The van der Waals surface area contributed by atoms with Crippen molar-refractivity contribution in [1.29, 1.82) is 0 Å². The Balaban J connectivity index is 1.99. The van der Waals surface area contributed by atoms with E-state index in [9.17, 15) is 9.00 Å². The molecule has 21 heavy (non-hydrogen) atoms. The summed E-state index contributed by atoms with van der Waals surface area (Å²) in [5, 5.41) is 2.76. The summed E-state index contributed by atoms with van der Waals surface area (Å²) in [5.41, 5.74) is 1.79. The van der Waals surface area contributed by atoms with E-state index in [4.69, 9.17) is 16.6 Å². The third kappa shape index (κ3) is 4.01. The number of benzene rings is 1. The molecule has 0 unspecified atom stereocenters. The number of hydrogen-bond acceptors (Lipinski definition) is 4. The van der Waals surface area contributed by atoms with E-state index in [-0.39, 0.29) is 15.5 Å². The first-order valence-electron chi connectivity index (χ1n) is 6.57. The molecule has 1 atom stereocenters. The van der Waals surface area contributed by atoms with Crippen LogP contribution in [0.1, 0.15) is 31.1 Å². The smallest absolute Gasteiger partial charge is 0.266 e. The Hall–Kier alpha value is -1.47. The van der Waals surface area contributed by atoms with Crippen LogP contribution in [0.15, 0.2) is 22.6 Å². The van der Waals surface area contributed by atoms with Gasteiger partial charge in [0.1, 0.15) is 0 Å². The minimum Gasteiger partial charge on any atom is -0.429 e. The molecule has 2 N–H and O–H groups in total. The number of carbonyl (C=O) groups is 1. The SMILES string of the molecule is CC(C)(C)[S@@](=O)CCNC(=O)c1ccc2[nH]c(=S)oc2c1. The second-order valence-corrected chi connectivity index (χ2v) is 8.34. The summed E-state index contributed by atoms with van der Waals surface area (Å²) < 4.78 is 16.9. The van der Waals surface area contributed by atoms with Crippen molar-refractivity contribution in [2.45, 2.75) is 25.5 Å². The Morgan fingerprint density at radius 3 is 2.81 bits per heavy atom. The molecule has 1 aromatic heterocycles. The van der Waals surface area contributed by atoms with Gasteiger partial charge in [0.25, 0.3) is 10.7 Å². The van der Waals surface area contributed by atoms with E-state index >= 15 is 0 Å². The van der Waals surface area contributed by atoms with Crippen molar-refractivity contribution in [3.63, 3.8) is 0 Å². The van der Waals surface area contributed by atoms with E-state index in [2.05, 4.69) is 10.3 Å². The zero-order chi connectivity index (χ0) is 15.6. The normalized spacial score (nSPS) is 13.3. The van der Waals surface area contributed by atoms with Gasteiger partial charge in [0, 0.05) is 33.4 Å². The van der Waals surface area contributed by atoms with Gasteiger partial charge in [-0.05, 0) is 51.2 Å². The van der Waals surface area contributed by atoms with Gasteiger partial charge in [-0.15, -0.1) is 0 Å². The highest BCUT2D eigenvalue weighted by Crippen LogP contribution is 2.15. The van der Waals surface area contributed by atoms with E-state index in [1.165, 1.54) is 0 Å². The largest absolute Gasteiger partial charge is 0.429 e. The first kappa shape index (κ1) is 15.9. The number of hydrogen-bond donors (Lipinski definition) is 2. The van der Waals surface area contributed by atoms with Crippen LogP contribution < -0.4 is 5.32 Å². The van der Waals surface area contributed by atoms with Gasteiger partial charge in [-0.3, -0.25) is 9.00 Å². The Morgan fingerprint density at radius 2 is 2.14 bits per heavy atom. The van der Waals surface area contributed by atoms with Gasteiger partial charge >= 0.3 is 0 Å². The van der Waals surface area contributed by atoms with Gasteiger partial charge in [0.15, 0.2) is 5.58 Å². The number of rotatable bonds is 4. The number of carbonyl (C=O) groups excluding carboxylic acids is 1. The Kier molecular flexibility index (Phi) is 4.63. The van der Waals surface area contributed by atoms with Crippen LogP contribution in [0.3, 0.4) is 0 Å². The van der Waals surface area contributed by atoms with Crippen LogP contribution in [0.25, 0.3) is 11.1 Å². The van der Waals surface area contributed by atoms with Crippen LogP contribution in [0.2, 0.25) is 0 Å². The molecule has 1 heterocycles. The van der Waals surface area contributed by atoms with Gasteiger partial charge in [-0.2, -0.15) is 0 Å². The number of H-pyrrole nitrogens is 1. The van der Waals surface area contributed by atoms with Crippen molar-refractivity contribution < 1.29 is 13.4 Å². The predicted octanol–water partition coefficient (Wildman–Crippen LogP) is 2.77. The topological polar surface area (TPSA) is 75.1 Å². The lowest BCUT2D eigenvalue weighted by Crippen LogP contribution is -2.32. The molecule has 2 rings (SSSR count). The molecular formula is C14H18N2O3S2. The molecule has 114 valence electrons. The van der Waals surface area contributed by atoms with Crippen molar-refractivity contribution in [3.8, 4) is 0 Å². The summed E-state index contributed by atoms with van der Waals surface area (Å²) in [7, 11) is -0.981. The molecule has 1 aromatic carbocycles. The molecule has 0 aliphatic rings. The molecule has 7 heteroatoms. The maximum atomic E-state index is 12.0. The Bertz CT molecular complexity index is 740. The van der Waals surface area contributed by atoms with E-state index < -0.39 is 10.8 Å². The minimum absolute atomic E-state index is 0.217. The number of aromatic nitrogens is 1. The molecule has 0 aliphatic heterocycles. The van der Waals surface area contributed by atoms with Crippen molar-refractivity contribution in [3.05, 3.63) is 28.6 Å². The van der Waals surface area contributed by atoms with Crippen LogP contribution in [-0.2, 0) is 10.8 Å². The van der Waals surface area contributed by atoms with E-state index in [0.29, 0.717) is 23.4 Å². The molecule has 5 nitrogen and oxygen atoms in total. The monoisotopic (exact) mass is 326 g/mol. The quantitative estimate of drug-likeness (QED) is 0.847. The highest BCUT2D eigenvalue weighted by molar-refractivity contribution is 7.86. The number of nitrogens with one attached hydrogen (secondary N) is 2. The zero-order valence-corrected chi connectivity index (χ0v) is 13.8. The van der Waals surface area contributed by atoms with Crippen LogP contribution in [0.5, 0.6) is 0 Å². The summed E-state index contributed by atoms with van der Waals surface area (Å²) in [4.78, 5) is 15.2. The van der Waals surface area contributed by atoms with Crippen LogP contribution in [-0.4, -0.2) is 32.1 Å². The third-order valence-electron chi connectivity index (χ3n) is 2.94. The summed E-state index contributed by atoms with van der Waals surface area (Å²) in [6.45, 7) is 6.12. The van der Waals surface area contributed by atoms with Gasteiger partial charge in [0.2, 0.25) is 0 Å². The van der Waals surface area contributed by atoms with Gasteiger partial charge < -0.3 is 14.7 Å². The average molecular weight is 326 g/mol. The Morgan fingerprint density at radius 1 is 1.43 bits per heavy atom. The van der Waals surface area contributed by atoms with Crippen molar-refractivity contribution >= 4 is 40.0 Å². The number of oxazole rings is 1. The predicted molar refractivity (Wildman–Crippen MR) is 86.5 cm³/mol. The summed E-state index contributed by atoms with van der Waals surface area (Å²) in [5.74, 6) is 0.215. The minimum atomic E-state index is -0.981. The maximum absolute atomic E-state index is 12.0. The van der Waals surface area contributed by atoms with E-state index in [1.54, 1.807) is 18.2 Å². The highest BCUT2D eigenvalue weighted by Gasteiger charge is 2.19. The molecule has 0 saturated carbocycles. The zero-order valence-electron chi connectivity index (χ0n) is 12.2. The summed E-state index contributed by atoms with van der Waals surface area (Å²) in [6.07, 6.45) is 0. The van der Waals surface area contributed by atoms with Gasteiger partial charge in [-0.25, -0.2) is 0 Å². The highest BCUT2D eigenvalue weighted by atomic mass is 32.2. The fourth-order valence-electron chi connectivity index (χ4n) is 1.75. The van der Waals surface area contributed by atoms with Crippen LogP contribution in [0.4, 0.5) is 0 Å². The summed E-state index contributed by atoms with van der Waals surface area (Å²) >= 11 is 4.90. The molecule has 0 fully saturated rings. The third-order valence-corrected chi connectivity index (χ3v) is 5.07. The summed E-state index contributed by atoms with van der Waals surface area (Å²) in [6, 6.07) is 5.08. The molecule has 0 spiro atoms. The number of amides is 1. The standard InChI is InChI=1S/C14H18N2O3S2/c1-14(2,3)21(18)7-6-15-12(17)9-4-5-10-11(8-9)19-13(20)16-10/h4-5,8H,6-7H2,1-3H3,(H,15,17)(H,16,20)/t21-/m0/s1. The van der Waals surface area contributed by atoms with Crippen molar-refractivity contribution in [2.24, 2.45) is 0 Å². The maximum Gasteiger partial charge on any atom is 0.266 e. The first-order valence-corrected chi connectivity index (χ1v) is 8.29. The Labute approximate surface area is 130 Å². The molecule has 1 amide bonds. The lowest BCUT2D eigenvalue weighted by molar-refractivity contribution is 0.0956. The van der Waals surface area contributed by atoms with Gasteiger partial charge in [-0.1, -0.05) is 0 Å². The molecule has 0 radical (unpaired) electrons. The van der Waals surface area contributed by atoms with Crippen molar-refractivity contribution in [1.82, 2.24) is 10.3 Å². The van der Waals surface area contributed by atoms with Gasteiger partial charge in [0.05, 0.1) is 5.52 Å². The fourth-order valence-corrected chi connectivity index (χ4v) is 2.85. The number of aromatic amines is 1. The average Bonchev–Trinajstić information content (AvgIpc) is 2.76.